The standard InChI is InChI=1S/C29H29F3N2O4/c1-21-17-24(9-12-27(21)37-20-28(35)34-13-15-36-16-14-34)26(18-22-5-3-2-4-6-22)33-38-19-23-7-10-25(11-8-23)29(30,31)32/h2-12,17H,13-16,18-20H2,1H3/b33-26+. The third-order valence-electron chi connectivity index (χ3n) is 6.12. The van der Waals surface area contributed by atoms with E-state index in [4.69, 9.17) is 14.3 Å². The molecule has 6 nitrogen and oxygen atoms in total. The topological polar surface area (TPSA) is 60.4 Å². The molecule has 200 valence electrons. The lowest BCUT2D eigenvalue weighted by Crippen LogP contribution is -2.43. The van der Waals surface area contributed by atoms with Crippen LogP contribution in [0.2, 0.25) is 0 Å². The minimum Gasteiger partial charge on any atom is -0.483 e. The number of aryl methyl sites for hydroxylation is 1. The van der Waals surface area contributed by atoms with Crippen LogP contribution in [0, 0.1) is 6.92 Å². The van der Waals surface area contributed by atoms with Crippen LogP contribution in [-0.2, 0) is 33.6 Å². The van der Waals surface area contributed by atoms with E-state index >= 15 is 0 Å². The Morgan fingerprint density at radius 1 is 0.974 bits per heavy atom. The van der Waals surface area contributed by atoms with Gasteiger partial charge in [0, 0.05) is 25.1 Å². The van der Waals surface area contributed by atoms with Crippen molar-refractivity contribution >= 4 is 11.6 Å². The molecule has 1 fully saturated rings. The van der Waals surface area contributed by atoms with Crippen molar-refractivity contribution in [3.63, 3.8) is 0 Å². The first-order valence-corrected chi connectivity index (χ1v) is 12.3. The summed E-state index contributed by atoms with van der Waals surface area (Å²) in [5.41, 5.74) is 3.19. The molecule has 1 saturated heterocycles. The van der Waals surface area contributed by atoms with Crippen LogP contribution in [0.1, 0.15) is 27.8 Å². The molecule has 1 aliphatic rings. The molecule has 1 heterocycles. The molecule has 0 saturated carbocycles. The van der Waals surface area contributed by atoms with Crippen LogP contribution in [0.3, 0.4) is 0 Å². The molecule has 4 rings (SSSR count). The number of hydrogen-bond acceptors (Lipinski definition) is 5. The van der Waals surface area contributed by atoms with Crippen molar-refractivity contribution in [2.75, 3.05) is 32.9 Å². The first-order valence-electron chi connectivity index (χ1n) is 12.3. The Labute approximate surface area is 219 Å². The lowest BCUT2D eigenvalue weighted by Gasteiger charge is -2.26. The summed E-state index contributed by atoms with van der Waals surface area (Å²) in [5.74, 6) is 0.514. The van der Waals surface area contributed by atoms with Crippen molar-refractivity contribution in [3.05, 3.63) is 101 Å². The van der Waals surface area contributed by atoms with Crippen LogP contribution in [0.15, 0.2) is 78.0 Å². The predicted octanol–water partition coefficient (Wildman–Crippen LogP) is 5.42. The number of oxime groups is 1. The first-order chi connectivity index (χ1) is 18.3. The van der Waals surface area contributed by atoms with Gasteiger partial charge in [-0.2, -0.15) is 13.2 Å². The molecular weight excluding hydrogens is 497 g/mol. The fraction of sp³-hybridized carbons (Fsp3) is 0.310. The second-order valence-electron chi connectivity index (χ2n) is 8.93. The number of benzene rings is 3. The van der Waals surface area contributed by atoms with E-state index in [-0.39, 0.29) is 19.1 Å². The number of hydrogen-bond donors (Lipinski definition) is 0. The van der Waals surface area contributed by atoms with Crippen LogP contribution < -0.4 is 4.74 Å². The maximum absolute atomic E-state index is 12.8. The molecule has 0 radical (unpaired) electrons. The van der Waals surface area contributed by atoms with E-state index < -0.39 is 11.7 Å². The Morgan fingerprint density at radius 3 is 2.34 bits per heavy atom. The highest BCUT2D eigenvalue weighted by Crippen LogP contribution is 2.29. The fourth-order valence-electron chi connectivity index (χ4n) is 3.99. The van der Waals surface area contributed by atoms with Gasteiger partial charge in [-0.05, 0) is 53.9 Å². The monoisotopic (exact) mass is 526 g/mol. The third-order valence-corrected chi connectivity index (χ3v) is 6.12. The van der Waals surface area contributed by atoms with Crippen LogP contribution in [-0.4, -0.2) is 49.4 Å². The number of alkyl halides is 3. The SMILES string of the molecule is Cc1cc(/C(Cc2ccccc2)=N/OCc2ccc(C(F)(F)F)cc2)ccc1OCC(=O)N1CCOCC1. The van der Waals surface area contributed by atoms with Gasteiger partial charge in [0.05, 0.1) is 24.5 Å². The highest BCUT2D eigenvalue weighted by atomic mass is 19.4. The molecule has 9 heteroatoms. The molecule has 0 unspecified atom stereocenters. The Bertz CT molecular complexity index is 1240. The molecule has 3 aromatic rings. The molecule has 1 aliphatic heterocycles. The smallest absolute Gasteiger partial charge is 0.416 e. The van der Waals surface area contributed by atoms with Crippen molar-refractivity contribution in [1.82, 2.24) is 4.90 Å². The van der Waals surface area contributed by atoms with Gasteiger partial charge >= 0.3 is 6.18 Å². The molecule has 0 bridgehead atoms. The lowest BCUT2D eigenvalue weighted by atomic mass is 10.0. The minimum atomic E-state index is -4.38. The van der Waals surface area contributed by atoms with Crippen LogP contribution >= 0.6 is 0 Å². The molecule has 3 aromatic carbocycles. The molecule has 0 N–H and O–H groups in total. The zero-order chi connectivity index (χ0) is 27.0. The van der Waals surface area contributed by atoms with Gasteiger partial charge in [-0.15, -0.1) is 0 Å². The second kappa shape index (κ2) is 12.6. The average Bonchev–Trinajstić information content (AvgIpc) is 2.92. The highest BCUT2D eigenvalue weighted by molar-refractivity contribution is 6.01. The summed E-state index contributed by atoms with van der Waals surface area (Å²) >= 11 is 0. The van der Waals surface area contributed by atoms with Crippen LogP contribution in [0.5, 0.6) is 5.75 Å². The van der Waals surface area contributed by atoms with E-state index in [2.05, 4.69) is 5.16 Å². The predicted molar refractivity (Wildman–Crippen MR) is 137 cm³/mol. The Hall–Kier alpha value is -3.85. The number of halogens is 3. The summed E-state index contributed by atoms with van der Waals surface area (Å²) in [6, 6.07) is 20.1. The Morgan fingerprint density at radius 2 is 1.68 bits per heavy atom. The van der Waals surface area contributed by atoms with Gasteiger partial charge < -0.3 is 19.2 Å². The van der Waals surface area contributed by atoms with E-state index in [1.54, 1.807) is 11.0 Å². The van der Waals surface area contributed by atoms with Crippen LogP contribution in [0.25, 0.3) is 0 Å². The van der Waals surface area contributed by atoms with E-state index in [9.17, 15) is 18.0 Å². The van der Waals surface area contributed by atoms with Gasteiger partial charge in [0.15, 0.2) is 6.61 Å². The number of nitrogens with zero attached hydrogens (tertiary/aromatic N) is 2. The normalized spacial score (nSPS) is 14.3. The number of carbonyl (C=O) groups is 1. The van der Waals surface area contributed by atoms with Gasteiger partial charge in [-0.1, -0.05) is 47.6 Å². The van der Waals surface area contributed by atoms with E-state index in [1.807, 2.05) is 49.4 Å². The molecule has 1 amide bonds. The van der Waals surface area contributed by atoms with Crippen LogP contribution in [0.4, 0.5) is 13.2 Å². The highest BCUT2D eigenvalue weighted by Gasteiger charge is 2.29. The largest absolute Gasteiger partial charge is 0.483 e. The summed E-state index contributed by atoms with van der Waals surface area (Å²) in [6.45, 7) is 4.05. The quantitative estimate of drug-likeness (QED) is 0.276. The lowest BCUT2D eigenvalue weighted by molar-refractivity contribution is -0.138. The van der Waals surface area contributed by atoms with Gasteiger partial charge in [0.2, 0.25) is 0 Å². The summed E-state index contributed by atoms with van der Waals surface area (Å²) in [7, 11) is 0. The minimum absolute atomic E-state index is 0.0280. The van der Waals surface area contributed by atoms with Crippen molar-refractivity contribution in [3.8, 4) is 5.75 Å². The number of amides is 1. The van der Waals surface area contributed by atoms with Gasteiger partial charge in [-0.3, -0.25) is 4.79 Å². The van der Waals surface area contributed by atoms with Crippen molar-refractivity contribution in [2.45, 2.75) is 26.1 Å². The molecule has 0 atom stereocenters. The summed E-state index contributed by atoms with van der Waals surface area (Å²) in [5, 5.41) is 4.34. The maximum Gasteiger partial charge on any atom is 0.416 e. The summed E-state index contributed by atoms with van der Waals surface area (Å²) in [6.07, 6.45) is -3.90. The first kappa shape index (κ1) is 27.2. The second-order valence-corrected chi connectivity index (χ2v) is 8.93. The number of rotatable bonds is 9. The molecule has 0 aliphatic carbocycles. The number of morpholine rings is 1. The maximum atomic E-state index is 12.8. The van der Waals surface area contributed by atoms with Gasteiger partial charge in [0.1, 0.15) is 12.4 Å². The zero-order valence-corrected chi connectivity index (χ0v) is 21.0. The van der Waals surface area contributed by atoms with E-state index in [0.29, 0.717) is 49.7 Å². The van der Waals surface area contributed by atoms with E-state index in [0.717, 1.165) is 28.8 Å². The Kier molecular flexibility index (Phi) is 9.02. The van der Waals surface area contributed by atoms with Gasteiger partial charge in [-0.25, -0.2) is 0 Å². The molecule has 0 spiro atoms. The van der Waals surface area contributed by atoms with Crippen molar-refractivity contribution < 1.29 is 32.3 Å². The zero-order valence-electron chi connectivity index (χ0n) is 21.0. The molecule has 0 aromatic heterocycles. The molecule has 38 heavy (non-hydrogen) atoms. The number of carbonyl (C=O) groups excluding carboxylic acids is 1. The average molecular weight is 527 g/mol. The third kappa shape index (κ3) is 7.58. The Balaban J connectivity index is 1.45. The summed E-state index contributed by atoms with van der Waals surface area (Å²) in [4.78, 5) is 19.7. The summed E-state index contributed by atoms with van der Waals surface area (Å²) < 4.78 is 49.5. The van der Waals surface area contributed by atoms with E-state index in [1.165, 1.54) is 12.1 Å². The van der Waals surface area contributed by atoms with Crippen molar-refractivity contribution in [2.24, 2.45) is 5.16 Å². The molecular formula is C29H29F3N2O4. The number of ether oxygens (including phenoxy) is 2. The fourth-order valence-corrected chi connectivity index (χ4v) is 3.99. The van der Waals surface area contributed by atoms with Crippen molar-refractivity contribution in [1.29, 1.82) is 0 Å². The van der Waals surface area contributed by atoms with Gasteiger partial charge in [0.25, 0.3) is 5.91 Å².